The SMILES string of the molecule is CCc1nc(-c2nnn(C)c2CNc2nccc(C(C)C)n2)ccc1O[C@H]1CCC[C@H](C(=O)O)C1.Cn1nnc(-c2ccc(O[C@H]3CCC[C@H](C(=O)O)C3)c(C#N)n2)c1CNc1nccc(C(C)(C)C)n1. The molecule has 0 amide bonds. The van der Waals surface area contributed by atoms with Crippen molar-refractivity contribution in [1.29, 1.82) is 5.26 Å². The van der Waals surface area contributed by atoms with E-state index in [-0.39, 0.29) is 29.2 Å². The molecule has 0 spiro atoms. The number of carboxylic acid groups (broad SMARTS) is 2. The highest BCUT2D eigenvalue weighted by Gasteiger charge is 2.31. The van der Waals surface area contributed by atoms with Gasteiger partial charge in [0.2, 0.25) is 11.9 Å². The van der Waals surface area contributed by atoms with E-state index in [0.29, 0.717) is 97.3 Å². The third-order valence-corrected chi connectivity index (χ3v) is 12.7. The summed E-state index contributed by atoms with van der Waals surface area (Å²) in [6, 6.07) is 13.1. The minimum absolute atomic E-state index is 0.105. The summed E-state index contributed by atoms with van der Waals surface area (Å²) in [4.78, 5) is 49.9. The standard InChI is InChI=1S/C25H30N8O3.C25H33N7O3/c1-25(2,3)21-10-11-27-24(30-21)28-14-19-22(31-32-33(19)4)17-8-9-20(18(13-26)29-17)36-16-7-5-6-15(12-16)23(34)35;1-5-18-22(35-17-8-6-7-16(13-17)24(33)34)10-9-20(28-18)23-21(32(4)31-30-23)14-27-25-26-12-11-19(29-25)15(2)3/h8-11,15-16H,5-7,12,14H2,1-4H3,(H,34,35)(H,27,28,30);9-12,15-17H,5-8,13-14H2,1-4H3,(H,33,34)(H,26,27,29)/t15-,16-;16-,17-/m00/s1. The Hall–Kier alpha value is -7.63. The van der Waals surface area contributed by atoms with Crippen LogP contribution in [-0.2, 0) is 48.6 Å². The molecular formula is C50H63N15O6. The smallest absolute Gasteiger partial charge is 0.306 e. The number of carboxylic acids is 2. The van der Waals surface area contributed by atoms with Crippen molar-refractivity contribution in [3.05, 3.63) is 83.0 Å². The number of aromatic nitrogens is 12. The second-order valence-corrected chi connectivity index (χ2v) is 19.2. The first kappa shape index (κ1) is 51.2. The van der Waals surface area contributed by atoms with Crippen LogP contribution in [0, 0.1) is 23.2 Å². The van der Waals surface area contributed by atoms with Gasteiger partial charge in [0.05, 0.1) is 71.3 Å². The molecule has 374 valence electrons. The average molecular weight is 970 g/mol. The fraction of sp³-hybridized carbons (Fsp3) is 0.500. The van der Waals surface area contributed by atoms with Crippen molar-refractivity contribution in [1.82, 2.24) is 59.9 Å². The van der Waals surface area contributed by atoms with E-state index in [1.165, 1.54) is 0 Å². The number of nitrogens with one attached hydrogen (secondary N) is 2. The second-order valence-electron chi connectivity index (χ2n) is 19.2. The van der Waals surface area contributed by atoms with Gasteiger partial charge < -0.3 is 30.3 Å². The molecule has 2 aliphatic rings. The predicted octanol–water partition coefficient (Wildman–Crippen LogP) is 7.46. The number of nitriles is 1. The molecule has 0 aliphatic heterocycles. The van der Waals surface area contributed by atoms with E-state index in [4.69, 9.17) is 14.5 Å². The van der Waals surface area contributed by atoms with Crippen LogP contribution in [0.5, 0.6) is 11.5 Å². The van der Waals surface area contributed by atoms with Crippen molar-refractivity contribution in [2.45, 2.75) is 136 Å². The highest BCUT2D eigenvalue weighted by molar-refractivity contribution is 5.70. The van der Waals surface area contributed by atoms with Gasteiger partial charge >= 0.3 is 11.9 Å². The fourth-order valence-corrected chi connectivity index (χ4v) is 8.56. The molecule has 6 heterocycles. The van der Waals surface area contributed by atoms with Crippen molar-refractivity contribution in [2.24, 2.45) is 25.9 Å². The Labute approximate surface area is 412 Å². The van der Waals surface area contributed by atoms with Crippen LogP contribution < -0.4 is 20.1 Å². The van der Waals surface area contributed by atoms with Crippen molar-refractivity contribution in [2.75, 3.05) is 10.6 Å². The third kappa shape index (κ3) is 13.0. The number of hydrogen-bond acceptors (Lipinski definition) is 17. The zero-order valence-electron chi connectivity index (χ0n) is 41.6. The van der Waals surface area contributed by atoms with Gasteiger partial charge in [0, 0.05) is 37.6 Å². The summed E-state index contributed by atoms with van der Waals surface area (Å²) < 4.78 is 15.6. The van der Waals surface area contributed by atoms with Crippen LogP contribution in [0.15, 0.2) is 48.8 Å². The van der Waals surface area contributed by atoms with Crippen LogP contribution in [0.4, 0.5) is 11.9 Å². The Morgan fingerprint density at radius 2 is 1.27 bits per heavy atom. The van der Waals surface area contributed by atoms with Crippen molar-refractivity contribution >= 4 is 23.8 Å². The minimum atomic E-state index is -0.809. The molecule has 0 bridgehead atoms. The summed E-state index contributed by atoms with van der Waals surface area (Å²) in [7, 11) is 3.63. The molecule has 2 fully saturated rings. The predicted molar refractivity (Wildman–Crippen MR) is 262 cm³/mol. The van der Waals surface area contributed by atoms with Crippen molar-refractivity contribution < 1.29 is 29.3 Å². The maximum Gasteiger partial charge on any atom is 0.306 e. The summed E-state index contributed by atoms with van der Waals surface area (Å²) in [6.07, 6.45) is 9.32. The molecule has 8 rings (SSSR count). The molecule has 0 unspecified atom stereocenters. The van der Waals surface area contributed by atoms with Crippen LogP contribution in [-0.4, -0.2) is 94.3 Å². The Bertz CT molecular complexity index is 2850. The van der Waals surface area contributed by atoms with Crippen molar-refractivity contribution in [3.8, 4) is 40.3 Å². The average Bonchev–Trinajstić information content (AvgIpc) is 3.93. The molecule has 2 aliphatic carbocycles. The van der Waals surface area contributed by atoms with Gasteiger partial charge in [-0.1, -0.05) is 52.0 Å². The van der Waals surface area contributed by atoms with E-state index in [2.05, 4.69) is 96.9 Å². The zero-order valence-corrected chi connectivity index (χ0v) is 41.6. The number of anilines is 2. The lowest BCUT2D eigenvalue weighted by atomic mass is 9.87. The lowest BCUT2D eigenvalue weighted by Gasteiger charge is -2.28. The van der Waals surface area contributed by atoms with Crippen LogP contribution in [0.1, 0.15) is 133 Å². The number of nitrogens with zero attached hydrogens (tertiary/aromatic N) is 13. The number of aryl methyl sites for hydroxylation is 3. The number of rotatable bonds is 16. The summed E-state index contributed by atoms with van der Waals surface area (Å²) in [5.41, 5.74) is 6.76. The maximum atomic E-state index is 11.4. The van der Waals surface area contributed by atoms with Gasteiger partial charge in [-0.15, -0.1) is 10.2 Å². The first-order valence-corrected chi connectivity index (χ1v) is 24.1. The molecular weight excluding hydrogens is 907 g/mol. The normalized spacial score (nSPS) is 17.9. The molecule has 0 aromatic carbocycles. The van der Waals surface area contributed by atoms with Gasteiger partial charge in [0.1, 0.15) is 23.2 Å². The topological polar surface area (TPSA) is 280 Å². The molecule has 6 aromatic heterocycles. The summed E-state index contributed by atoms with van der Waals surface area (Å²) in [5.74, 6) is 0.0912. The molecule has 2 saturated carbocycles. The molecule has 21 nitrogen and oxygen atoms in total. The fourth-order valence-electron chi connectivity index (χ4n) is 8.56. The highest BCUT2D eigenvalue weighted by Crippen LogP contribution is 2.33. The Morgan fingerprint density at radius 3 is 1.79 bits per heavy atom. The maximum absolute atomic E-state index is 11.4. The molecule has 0 radical (unpaired) electrons. The summed E-state index contributed by atoms with van der Waals surface area (Å²) in [5, 5.41) is 51.9. The molecule has 4 atom stereocenters. The largest absolute Gasteiger partial charge is 0.488 e. The lowest BCUT2D eigenvalue weighted by Crippen LogP contribution is -2.29. The number of pyridine rings is 2. The molecule has 4 N–H and O–H groups in total. The van der Waals surface area contributed by atoms with E-state index in [0.717, 1.165) is 54.2 Å². The number of aliphatic carboxylic acids is 2. The Morgan fingerprint density at radius 1 is 0.746 bits per heavy atom. The minimum Gasteiger partial charge on any atom is -0.488 e. The van der Waals surface area contributed by atoms with Crippen LogP contribution >= 0.6 is 0 Å². The van der Waals surface area contributed by atoms with Gasteiger partial charge in [0.25, 0.3) is 0 Å². The monoisotopic (exact) mass is 970 g/mol. The quantitative estimate of drug-likeness (QED) is 0.0732. The van der Waals surface area contributed by atoms with E-state index in [1.54, 1.807) is 40.9 Å². The summed E-state index contributed by atoms with van der Waals surface area (Å²) in [6.45, 7) is 13.3. The number of ether oxygens (including phenoxy) is 2. The third-order valence-electron chi connectivity index (χ3n) is 12.7. The molecule has 6 aromatic rings. The highest BCUT2D eigenvalue weighted by atomic mass is 16.5. The molecule has 0 saturated heterocycles. The van der Waals surface area contributed by atoms with Crippen LogP contribution in [0.25, 0.3) is 22.8 Å². The number of carbonyl (C=O) groups is 2. The van der Waals surface area contributed by atoms with Gasteiger partial charge in [-0.3, -0.25) is 9.59 Å². The zero-order chi connectivity index (χ0) is 50.8. The second kappa shape index (κ2) is 22.9. The van der Waals surface area contributed by atoms with Crippen LogP contribution in [0.3, 0.4) is 0 Å². The number of hydrogen-bond donors (Lipinski definition) is 4. The molecule has 71 heavy (non-hydrogen) atoms. The first-order valence-electron chi connectivity index (χ1n) is 24.1. The van der Waals surface area contributed by atoms with Gasteiger partial charge in [-0.2, -0.15) is 5.26 Å². The van der Waals surface area contributed by atoms with E-state index < -0.39 is 17.9 Å². The Kier molecular flexibility index (Phi) is 16.5. The lowest BCUT2D eigenvalue weighted by molar-refractivity contribution is -0.144. The van der Waals surface area contributed by atoms with Gasteiger partial charge in [-0.25, -0.2) is 39.3 Å². The van der Waals surface area contributed by atoms with Gasteiger partial charge in [0.15, 0.2) is 11.4 Å². The van der Waals surface area contributed by atoms with E-state index in [9.17, 15) is 25.1 Å². The van der Waals surface area contributed by atoms with Crippen LogP contribution in [0.2, 0.25) is 0 Å². The first-order chi connectivity index (χ1) is 34.0. The van der Waals surface area contributed by atoms with Gasteiger partial charge in [-0.05, 0) is 100 Å². The van der Waals surface area contributed by atoms with E-state index >= 15 is 0 Å². The molecule has 21 heteroatoms. The Balaban J connectivity index is 0.000000209. The summed E-state index contributed by atoms with van der Waals surface area (Å²) >= 11 is 0. The van der Waals surface area contributed by atoms with E-state index in [1.807, 2.05) is 38.2 Å². The van der Waals surface area contributed by atoms with Crippen molar-refractivity contribution in [3.63, 3.8) is 0 Å².